The maximum Gasteiger partial charge on any atom is 0.253 e. The number of nitrogens with one attached hydrogen (secondary N) is 1. The average molecular weight is 331 g/mol. The molecule has 5 nitrogen and oxygen atoms in total. The van der Waals surface area contributed by atoms with E-state index in [0.29, 0.717) is 12.1 Å². The summed E-state index contributed by atoms with van der Waals surface area (Å²) < 4.78 is 0. The lowest BCUT2D eigenvalue weighted by molar-refractivity contribution is -0.130. The molecule has 1 amide bonds. The summed E-state index contributed by atoms with van der Waals surface area (Å²) in [5, 5.41) is 13.3. The van der Waals surface area contributed by atoms with Gasteiger partial charge in [0.25, 0.3) is 5.91 Å². The first kappa shape index (κ1) is 17.4. The van der Waals surface area contributed by atoms with Crippen LogP contribution in [0.3, 0.4) is 0 Å². The normalized spacial score (nSPS) is 23.1. The highest BCUT2D eigenvalue weighted by Crippen LogP contribution is 2.35. The maximum atomic E-state index is 12.4. The predicted octanol–water partition coefficient (Wildman–Crippen LogP) is 1.40. The van der Waals surface area contributed by atoms with Crippen LogP contribution in [0.2, 0.25) is 0 Å². The molecule has 1 atom stereocenters. The monoisotopic (exact) mass is 331 g/mol. The molecule has 0 spiro atoms. The highest BCUT2D eigenvalue weighted by molar-refractivity contribution is 5.81. The van der Waals surface area contributed by atoms with E-state index in [0.717, 1.165) is 39.0 Å². The van der Waals surface area contributed by atoms with Gasteiger partial charge in [-0.2, -0.15) is 0 Å². The molecule has 0 aromatic heterocycles. The zero-order valence-corrected chi connectivity index (χ0v) is 14.6. The van der Waals surface area contributed by atoms with Crippen LogP contribution in [0.15, 0.2) is 30.3 Å². The average Bonchev–Trinajstić information content (AvgIpc) is 3.10. The van der Waals surface area contributed by atoms with Gasteiger partial charge in [0.2, 0.25) is 0 Å². The third-order valence-corrected chi connectivity index (χ3v) is 5.66. The number of hydrogen-bond donors (Lipinski definition) is 2. The van der Waals surface area contributed by atoms with Crippen LogP contribution in [0.4, 0.5) is 0 Å². The topological polar surface area (TPSA) is 55.8 Å². The van der Waals surface area contributed by atoms with E-state index < -0.39 is 6.10 Å². The van der Waals surface area contributed by atoms with E-state index in [1.165, 1.54) is 12.8 Å². The minimum absolute atomic E-state index is 0.0767. The molecule has 2 N–H and O–H groups in total. The number of aliphatic hydroxyl groups is 1. The van der Waals surface area contributed by atoms with Crippen molar-refractivity contribution in [2.45, 2.75) is 37.3 Å². The summed E-state index contributed by atoms with van der Waals surface area (Å²) in [6.45, 7) is 4.94. The molecule has 1 aliphatic heterocycles. The van der Waals surface area contributed by atoms with Gasteiger partial charge in [-0.3, -0.25) is 9.69 Å². The van der Waals surface area contributed by atoms with E-state index in [-0.39, 0.29) is 11.4 Å². The van der Waals surface area contributed by atoms with Crippen molar-refractivity contribution in [3.05, 3.63) is 35.9 Å². The smallest absolute Gasteiger partial charge is 0.253 e. The molecule has 1 aliphatic carbocycles. The fourth-order valence-corrected chi connectivity index (χ4v) is 4.05. The number of piperazine rings is 1. The molecule has 2 fully saturated rings. The van der Waals surface area contributed by atoms with Gasteiger partial charge < -0.3 is 15.3 Å². The molecular formula is C19H29N3O2. The van der Waals surface area contributed by atoms with Crippen molar-refractivity contribution in [3.63, 3.8) is 0 Å². The molecule has 1 saturated heterocycles. The standard InChI is InChI=1S/C19H29N3O2/c1-21-11-13-22(14-12-21)19(9-5-6-10-19)15-20-18(24)17(23)16-7-3-2-4-8-16/h2-4,7-8,17,23H,5-6,9-15H2,1H3,(H,20,24)/t17-/m1/s1. The molecule has 1 saturated carbocycles. The van der Waals surface area contributed by atoms with Crippen LogP contribution in [0.5, 0.6) is 0 Å². The Morgan fingerprint density at radius 3 is 2.42 bits per heavy atom. The minimum atomic E-state index is -1.09. The molecule has 2 aliphatic rings. The Bertz CT molecular complexity index is 535. The Labute approximate surface area is 144 Å². The summed E-state index contributed by atoms with van der Waals surface area (Å²) in [6, 6.07) is 9.14. The van der Waals surface area contributed by atoms with E-state index in [9.17, 15) is 9.90 Å². The van der Waals surface area contributed by atoms with Gasteiger partial charge in [0.05, 0.1) is 0 Å². The van der Waals surface area contributed by atoms with Gasteiger partial charge in [-0.05, 0) is 25.5 Å². The SMILES string of the molecule is CN1CCN(C2(CNC(=O)[C@H](O)c3ccccc3)CCCC2)CC1. The van der Waals surface area contributed by atoms with Crippen molar-refractivity contribution in [1.82, 2.24) is 15.1 Å². The van der Waals surface area contributed by atoms with Crippen LogP contribution >= 0.6 is 0 Å². The van der Waals surface area contributed by atoms with Crippen LogP contribution < -0.4 is 5.32 Å². The van der Waals surface area contributed by atoms with Crippen LogP contribution in [-0.2, 0) is 4.79 Å². The van der Waals surface area contributed by atoms with E-state index in [2.05, 4.69) is 22.2 Å². The molecular weight excluding hydrogens is 302 g/mol. The number of amides is 1. The third kappa shape index (κ3) is 3.79. The lowest BCUT2D eigenvalue weighted by atomic mass is 9.93. The Balaban J connectivity index is 1.61. The first-order chi connectivity index (χ1) is 11.6. The summed E-state index contributed by atoms with van der Waals surface area (Å²) in [4.78, 5) is 17.3. The molecule has 0 bridgehead atoms. The predicted molar refractivity (Wildman–Crippen MR) is 94.7 cm³/mol. The number of carbonyl (C=O) groups excluding carboxylic acids is 1. The van der Waals surface area contributed by atoms with Crippen molar-refractivity contribution in [3.8, 4) is 0 Å². The fourth-order valence-electron chi connectivity index (χ4n) is 4.05. The fraction of sp³-hybridized carbons (Fsp3) is 0.632. The molecule has 1 heterocycles. The lowest BCUT2D eigenvalue weighted by Gasteiger charge is -2.45. The first-order valence-electron chi connectivity index (χ1n) is 9.05. The number of likely N-dealkylation sites (N-methyl/N-ethyl adjacent to an activating group) is 1. The third-order valence-electron chi connectivity index (χ3n) is 5.66. The largest absolute Gasteiger partial charge is 0.378 e. The molecule has 0 radical (unpaired) electrons. The Morgan fingerprint density at radius 1 is 1.17 bits per heavy atom. The molecule has 1 aromatic carbocycles. The highest BCUT2D eigenvalue weighted by Gasteiger charge is 2.40. The van der Waals surface area contributed by atoms with E-state index in [1.807, 2.05) is 18.2 Å². The number of nitrogens with zero attached hydrogens (tertiary/aromatic N) is 2. The van der Waals surface area contributed by atoms with Crippen molar-refractivity contribution in [2.75, 3.05) is 39.8 Å². The van der Waals surface area contributed by atoms with Crippen LogP contribution in [0.25, 0.3) is 0 Å². The van der Waals surface area contributed by atoms with E-state index >= 15 is 0 Å². The summed E-state index contributed by atoms with van der Waals surface area (Å²) in [7, 11) is 2.16. The summed E-state index contributed by atoms with van der Waals surface area (Å²) >= 11 is 0. The molecule has 1 aromatic rings. The molecule has 3 rings (SSSR count). The quantitative estimate of drug-likeness (QED) is 0.856. The van der Waals surface area contributed by atoms with Gasteiger partial charge >= 0.3 is 0 Å². The van der Waals surface area contributed by atoms with Crippen LogP contribution in [-0.4, -0.2) is 66.1 Å². The lowest BCUT2D eigenvalue weighted by Crippen LogP contribution is -2.59. The van der Waals surface area contributed by atoms with Gasteiger partial charge in [0.1, 0.15) is 0 Å². The molecule has 5 heteroatoms. The van der Waals surface area contributed by atoms with E-state index in [1.54, 1.807) is 12.1 Å². The second-order valence-corrected chi connectivity index (χ2v) is 7.25. The maximum absolute atomic E-state index is 12.4. The van der Waals surface area contributed by atoms with Crippen molar-refractivity contribution < 1.29 is 9.90 Å². The number of benzene rings is 1. The number of hydrogen-bond acceptors (Lipinski definition) is 4. The molecule has 0 unspecified atom stereocenters. The van der Waals surface area contributed by atoms with Crippen molar-refractivity contribution in [1.29, 1.82) is 0 Å². The minimum Gasteiger partial charge on any atom is -0.378 e. The Morgan fingerprint density at radius 2 is 1.79 bits per heavy atom. The van der Waals surface area contributed by atoms with Gasteiger partial charge in [-0.1, -0.05) is 43.2 Å². The van der Waals surface area contributed by atoms with Gasteiger partial charge in [0.15, 0.2) is 6.10 Å². The van der Waals surface area contributed by atoms with Crippen molar-refractivity contribution >= 4 is 5.91 Å². The molecule has 24 heavy (non-hydrogen) atoms. The van der Waals surface area contributed by atoms with Crippen molar-refractivity contribution in [2.24, 2.45) is 0 Å². The zero-order valence-electron chi connectivity index (χ0n) is 14.6. The second kappa shape index (κ2) is 7.64. The van der Waals surface area contributed by atoms with Gasteiger partial charge in [-0.25, -0.2) is 0 Å². The van der Waals surface area contributed by atoms with Crippen LogP contribution in [0, 0.1) is 0 Å². The number of carbonyl (C=O) groups is 1. The zero-order chi connectivity index (χ0) is 17.0. The van der Waals surface area contributed by atoms with Crippen LogP contribution in [0.1, 0.15) is 37.4 Å². The molecule has 132 valence electrons. The van der Waals surface area contributed by atoms with Gasteiger partial charge in [0, 0.05) is 38.3 Å². The Hall–Kier alpha value is -1.43. The van der Waals surface area contributed by atoms with E-state index in [4.69, 9.17) is 0 Å². The first-order valence-corrected chi connectivity index (χ1v) is 9.05. The number of rotatable bonds is 5. The summed E-state index contributed by atoms with van der Waals surface area (Å²) in [5.41, 5.74) is 0.725. The van der Waals surface area contributed by atoms with Gasteiger partial charge in [-0.15, -0.1) is 0 Å². The Kier molecular flexibility index (Phi) is 5.54. The highest BCUT2D eigenvalue weighted by atomic mass is 16.3. The number of aliphatic hydroxyl groups excluding tert-OH is 1. The summed E-state index contributed by atoms with van der Waals surface area (Å²) in [6.07, 6.45) is 3.64. The second-order valence-electron chi connectivity index (χ2n) is 7.25. The summed E-state index contributed by atoms with van der Waals surface area (Å²) in [5.74, 6) is -0.290.